The highest BCUT2D eigenvalue weighted by molar-refractivity contribution is 4.98. The van der Waals surface area contributed by atoms with Gasteiger partial charge in [0.2, 0.25) is 0 Å². The molecule has 1 saturated carbocycles. The van der Waals surface area contributed by atoms with Crippen LogP contribution >= 0.6 is 0 Å². The molecule has 1 aliphatic rings. The van der Waals surface area contributed by atoms with Crippen LogP contribution in [-0.4, -0.2) is 29.2 Å². The van der Waals surface area contributed by atoms with Crippen LogP contribution in [0.4, 0.5) is 0 Å². The second-order valence-electron chi connectivity index (χ2n) is 4.68. The predicted molar refractivity (Wildman–Crippen MR) is 58.5 cm³/mol. The van der Waals surface area contributed by atoms with Gasteiger partial charge in [-0.05, 0) is 32.0 Å². The van der Waals surface area contributed by atoms with Crippen molar-refractivity contribution in [3.8, 4) is 0 Å². The smallest absolute Gasteiger partial charge is 0.117 e. The van der Waals surface area contributed by atoms with E-state index >= 15 is 0 Å². The summed E-state index contributed by atoms with van der Waals surface area (Å²) in [6.45, 7) is 1.52. The molecule has 1 heterocycles. The molecule has 0 aliphatic heterocycles. The average Bonchev–Trinajstić information content (AvgIpc) is 2.76. The SMILES string of the molecule is CN(Cc1ccco1)CC1(O)CCCC1. The number of hydrogen-bond acceptors (Lipinski definition) is 3. The van der Waals surface area contributed by atoms with Crippen molar-refractivity contribution in [2.24, 2.45) is 0 Å². The summed E-state index contributed by atoms with van der Waals surface area (Å²) < 4.78 is 5.28. The normalized spacial score (nSPS) is 19.9. The molecule has 0 aromatic carbocycles. The van der Waals surface area contributed by atoms with Crippen molar-refractivity contribution in [2.75, 3.05) is 13.6 Å². The van der Waals surface area contributed by atoms with Crippen molar-refractivity contribution in [1.29, 1.82) is 0 Å². The second-order valence-corrected chi connectivity index (χ2v) is 4.68. The van der Waals surface area contributed by atoms with E-state index in [1.807, 2.05) is 19.2 Å². The van der Waals surface area contributed by atoms with Crippen LogP contribution in [0.25, 0.3) is 0 Å². The molecule has 1 N–H and O–H groups in total. The van der Waals surface area contributed by atoms with Gasteiger partial charge >= 0.3 is 0 Å². The maximum atomic E-state index is 10.2. The highest BCUT2D eigenvalue weighted by atomic mass is 16.3. The Morgan fingerprint density at radius 1 is 1.47 bits per heavy atom. The lowest BCUT2D eigenvalue weighted by molar-refractivity contribution is 0.0131. The van der Waals surface area contributed by atoms with E-state index in [4.69, 9.17) is 4.42 Å². The van der Waals surface area contributed by atoms with E-state index in [0.29, 0.717) is 0 Å². The van der Waals surface area contributed by atoms with Gasteiger partial charge in [0.25, 0.3) is 0 Å². The van der Waals surface area contributed by atoms with Crippen molar-refractivity contribution in [3.63, 3.8) is 0 Å². The fourth-order valence-electron chi connectivity index (χ4n) is 2.42. The summed E-state index contributed by atoms with van der Waals surface area (Å²) in [5.41, 5.74) is -0.457. The van der Waals surface area contributed by atoms with Gasteiger partial charge in [0, 0.05) is 6.54 Å². The molecule has 0 unspecified atom stereocenters. The van der Waals surface area contributed by atoms with E-state index in [1.54, 1.807) is 6.26 Å². The molecule has 1 fully saturated rings. The first-order valence-corrected chi connectivity index (χ1v) is 5.61. The van der Waals surface area contributed by atoms with Gasteiger partial charge in [0.1, 0.15) is 5.76 Å². The van der Waals surface area contributed by atoms with Crippen LogP contribution in [0.1, 0.15) is 31.4 Å². The van der Waals surface area contributed by atoms with Crippen molar-refractivity contribution in [1.82, 2.24) is 4.90 Å². The Morgan fingerprint density at radius 3 is 2.80 bits per heavy atom. The Morgan fingerprint density at radius 2 is 2.20 bits per heavy atom. The second kappa shape index (κ2) is 4.37. The zero-order valence-electron chi connectivity index (χ0n) is 9.28. The van der Waals surface area contributed by atoms with E-state index < -0.39 is 5.60 Å². The van der Waals surface area contributed by atoms with Crippen LogP contribution in [0.2, 0.25) is 0 Å². The summed E-state index contributed by atoms with van der Waals surface area (Å²) in [6.07, 6.45) is 5.88. The molecule has 1 aromatic rings. The lowest BCUT2D eigenvalue weighted by Gasteiger charge is -2.27. The van der Waals surface area contributed by atoms with E-state index in [-0.39, 0.29) is 0 Å². The Labute approximate surface area is 90.7 Å². The average molecular weight is 209 g/mol. The third-order valence-corrected chi connectivity index (χ3v) is 3.10. The van der Waals surface area contributed by atoms with Crippen LogP contribution in [0.3, 0.4) is 0 Å². The maximum absolute atomic E-state index is 10.2. The number of hydrogen-bond donors (Lipinski definition) is 1. The first-order valence-electron chi connectivity index (χ1n) is 5.61. The molecule has 0 atom stereocenters. The summed E-state index contributed by atoms with van der Waals surface area (Å²) in [6, 6.07) is 3.86. The molecule has 0 bridgehead atoms. The quantitative estimate of drug-likeness (QED) is 0.824. The lowest BCUT2D eigenvalue weighted by atomic mass is 10.0. The van der Waals surface area contributed by atoms with Crippen LogP contribution in [0.15, 0.2) is 22.8 Å². The number of likely N-dealkylation sites (N-methyl/N-ethyl adjacent to an activating group) is 1. The van der Waals surface area contributed by atoms with Crippen LogP contribution < -0.4 is 0 Å². The van der Waals surface area contributed by atoms with Gasteiger partial charge in [-0.2, -0.15) is 0 Å². The van der Waals surface area contributed by atoms with Crippen molar-refractivity contribution < 1.29 is 9.52 Å². The van der Waals surface area contributed by atoms with Gasteiger partial charge in [0.05, 0.1) is 18.4 Å². The van der Waals surface area contributed by atoms with Gasteiger partial charge in [-0.25, -0.2) is 0 Å². The predicted octanol–water partition coefficient (Wildman–Crippen LogP) is 2.02. The molecular formula is C12H19NO2. The molecule has 1 aliphatic carbocycles. The highest BCUT2D eigenvalue weighted by Gasteiger charge is 2.32. The number of aliphatic hydroxyl groups is 1. The van der Waals surface area contributed by atoms with Crippen molar-refractivity contribution >= 4 is 0 Å². The molecule has 2 rings (SSSR count). The molecule has 0 amide bonds. The molecule has 15 heavy (non-hydrogen) atoms. The Kier molecular flexibility index (Phi) is 3.12. The van der Waals surface area contributed by atoms with E-state index in [2.05, 4.69) is 4.90 Å². The fraction of sp³-hybridized carbons (Fsp3) is 0.667. The molecule has 0 radical (unpaired) electrons. The van der Waals surface area contributed by atoms with Crippen molar-refractivity contribution in [3.05, 3.63) is 24.2 Å². The van der Waals surface area contributed by atoms with Gasteiger partial charge in [0.15, 0.2) is 0 Å². The summed E-state index contributed by atoms with van der Waals surface area (Å²) in [5, 5.41) is 10.2. The van der Waals surface area contributed by atoms with Crippen LogP contribution in [0, 0.1) is 0 Å². The summed E-state index contributed by atoms with van der Waals surface area (Å²) in [7, 11) is 2.03. The Hall–Kier alpha value is -0.800. The summed E-state index contributed by atoms with van der Waals surface area (Å²) in [5.74, 6) is 0.957. The molecular weight excluding hydrogens is 190 g/mol. The molecule has 0 spiro atoms. The van der Waals surface area contributed by atoms with E-state index in [0.717, 1.165) is 44.5 Å². The minimum absolute atomic E-state index is 0.457. The Bertz CT molecular complexity index is 289. The first kappa shape index (κ1) is 10.7. The lowest BCUT2D eigenvalue weighted by Crippen LogP contribution is -2.38. The van der Waals surface area contributed by atoms with Crippen LogP contribution in [0.5, 0.6) is 0 Å². The van der Waals surface area contributed by atoms with Gasteiger partial charge in [-0.1, -0.05) is 12.8 Å². The summed E-state index contributed by atoms with van der Waals surface area (Å²) in [4.78, 5) is 2.13. The molecule has 3 nitrogen and oxygen atoms in total. The van der Waals surface area contributed by atoms with Crippen LogP contribution in [-0.2, 0) is 6.54 Å². The molecule has 1 aromatic heterocycles. The Balaban J connectivity index is 1.84. The highest BCUT2D eigenvalue weighted by Crippen LogP contribution is 2.30. The monoisotopic (exact) mass is 209 g/mol. The zero-order valence-corrected chi connectivity index (χ0v) is 9.28. The molecule has 84 valence electrons. The van der Waals surface area contributed by atoms with Gasteiger partial charge < -0.3 is 9.52 Å². The van der Waals surface area contributed by atoms with Crippen molar-refractivity contribution in [2.45, 2.75) is 37.8 Å². The number of furan rings is 1. The largest absolute Gasteiger partial charge is 0.468 e. The van der Waals surface area contributed by atoms with Gasteiger partial charge in [-0.3, -0.25) is 4.90 Å². The zero-order chi connectivity index (χ0) is 10.7. The number of rotatable bonds is 4. The van der Waals surface area contributed by atoms with Gasteiger partial charge in [-0.15, -0.1) is 0 Å². The fourth-order valence-corrected chi connectivity index (χ4v) is 2.42. The van der Waals surface area contributed by atoms with E-state index in [9.17, 15) is 5.11 Å². The molecule has 0 saturated heterocycles. The summed E-state index contributed by atoms with van der Waals surface area (Å²) >= 11 is 0. The van der Waals surface area contributed by atoms with E-state index in [1.165, 1.54) is 0 Å². The standard InChI is InChI=1S/C12H19NO2/c1-13(9-11-5-4-8-15-11)10-12(14)6-2-3-7-12/h4-5,8,14H,2-3,6-7,9-10H2,1H3. The molecule has 3 heteroatoms. The third-order valence-electron chi connectivity index (χ3n) is 3.10. The minimum Gasteiger partial charge on any atom is -0.468 e. The first-order chi connectivity index (χ1) is 7.18. The third kappa shape index (κ3) is 2.83. The number of nitrogens with zero attached hydrogens (tertiary/aromatic N) is 1. The maximum Gasteiger partial charge on any atom is 0.117 e. The topological polar surface area (TPSA) is 36.6 Å². The minimum atomic E-state index is -0.457.